The molecule has 0 aliphatic carbocycles. The number of benzene rings is 9. The van der Waals surface area contributed by atoms with Gasteiger partial charge in [0.25, 0.3) is 0 Å². The second-order valence-electron chi connectivity index (χ2n) is 13.9. The van der Waals surface area contributed by atoms with Gasteiger partial charge in [0.05, 0.1) is 0 Å². The minimum absolute atomic E-state index is 0.923. The summed E-state index contributed by atoms with van der Waals surface area (Å²) in [7, 11) is 0. The normalized spacial score (nSPS) is 12.2. The van der Waals surface area contributed by atoms with E-state index < -0.39 is 0 Å². The van der Waals surface area contributed by atoms with Crippen LogP contribution < -0.4 is 0 Å². The third-order valence-electron chi connectivity index (χ3n) is 11.0. The van der Waals surface area contributed by atoms with E-state index >= 15 is 0 Å². The van der Waals surface area contributed by atoms with Crippen molar-refractivity contribution in [3.05, 3.63) is 170 Å². The highest BCUT2D eigenvalue weighted by Gasteiger charge is 2.22. The topological polar surface area (TPSA) is 13.1 Å². The molecule has 0 saturated carbocycles. The van der Waals surface area contributed by atoms with Crippen LogP contribution in [0, 0.1) is 0 Å². The van der Waals surface area contributed by atoms with Crippen LogP contribution in [0.3, 0.4) is 0 Å². The molecule has 12 rings (SSSR count). The lowest BCUT2D eigenvalue weighted by atomic mass is 9.85. The van der Waals surface area contributed by atoms with Crippen LogP contribution in [0.5, 0.6) is 0 Å². The van der Waals surface area contributed by atoms with Gasteiger partial charge < -0.3 is 4.42 Å². The first-order valence-electron chi connectivity index (χ1n) is 18.0. The van der Waals surface area contributed by atoms with Gasteiger partial charge in [0.2, 0.25) is 0 Å². The largest absolute Gasteiger partial charge is 0.456 e. The predicted molar refractivity (Wildman–Crippen MR) is 231 cm³/mol. The predicted octanol–water partition coefficient (Wildman–Crippen LogP) is 15.6. The monoisotopic (exact) mass is 708 g/mol. The molecule has 0 spiro atoms. The van der Waals surface area contributed by atoms with Crippen molar-refractivity contribution >= 4 is 107 Å². The van der Waals surface area contributed by atoms with E-state index in [0.29, 0.717) is 0 Å². The number of para-hydroxylation sites is 1. The Morgan fingerprint density at radius 3 is 1.77 bits per heavy atom. The van der Waals surface area contributed by atoms with Crippen molar-refractivity contribution in [2.45, 2.75) is 0 Å². The molecule has 12 aromatic rings. The maximum absolute atomic E-state index is 6.33. The maximum atomic E-state index is 6.33. The van der Waals surface area contributed by atoms with E-state index in [-0.39, 0.29) is 0 Å². The van der Waals surface area contributed by atoms with Gasteiger partial charge in [0.15, 0.2) is 0 Å². The van der Waals surface area contributed by atoms with Gasteiger partial charge in [-0.1, -0.05) is 133 Å². The van der Waals surface area contributed by atoms with Crippen LogP contribution >= 0.6 is 22.7 Å². The third kappa shape index (κ3) is 4.24. The van der Waals surface area contributed by atoms with Gasteiger partial charge in [-0.25, -0.2) is 0 Å². The van der Waals surface area contributed by atoms with Gasteiger partial charge in [0.1, 0.15) is 11.2 Å². The zero-order valence-electron chi connectivity index (χ0n) is 28.4. The molecule has 0 N–H and O–H groups in total. The van der Waals surface area contributed by atoms with Gasteiger partial charge in [-0.2, -0.15) is 0 Å². The Morgan fingerprint density at radius 1 is 0.358 bits per heavy atom. The van der Waals surface area contributed by atoms with Crippen molar-refractivity contribution in [2.75, 3.05) is 0 Å². The van der Waals surface area contributed by atoms with Crippen LogP contribution in [0.2, 0.25) is 0 Å². The van der Waals surface area contributed by atoms with Crippen molar-refractivity contribution in [1.82, 2.24) is 0 Å². The molecule has 9 aromatic carbocycles. The summed E-state index contributed by atoms with van der Waals surface area (Å²) in [5.74, 6) is 0. The van der Waals surface area contributed by atoms with E-state index in [0.717, 1.165) is 16.6 Å². The Balaban J connectivity index is 1.19. The zero-order chi connectivity index (χ0) is 34.6. The average Bonchev–Trinajstić information content (AvgIpc) is 3.93. The molecule has 0 unspecified atom stereocenters. The molecule has 0 saturated heterocycles. The van der Waals surface area contributed by atoms with Gasteiger partial charge in [-0.05, 0) is 96.4 Å². The van der Waals surface area contributed by atoms with Crippen molar-refractivity contribution < 1.29 is 4.42 Å². The van der Waals surface area contributed by atoms with E-state index in [9.17, 15) is 0 Å². The SMILES string of the molecule is c1ccc(-c2cc3cc(-c4c5ccccc5c(-c5ccc6ccc7oc8ccccc8c7c6c5)c5ccccc45)c4sc5ccccc5c4c3s2)cc1. The fraction of sp³-hybridized carbons (Fsp3) is 0. The summed E-state index contributed by atoms with van der Waals surface area (Å²) in [6.07, 6.45) is 0. The summed E-state index contributed by atoms with van der Waals surface area (Å²) < 4.78 is 10.4. The van der Waals surface area contributed by atoms with Crippen molar-refractivity contribution in [3.8, 4) is 32.7 Å². The molecule has 0 aliphatic rings. The molecule has 3 heterocycles. The number of furan rings is 1. The van der Waals surface area contributed by atoms with Crippen LogP contribution in [0.1, 0.15) is 0 Å². The summed E-state index contributed by atoms with van der Waals surface area (Å²) in [6, 6.07) is 62.3. The van der Waals surface area contributed by atoms with E-state index in [2.05, 4.69) is 164 Å². The standard InChI is InChI=1S/C50H28OS2/c1-2-12-30(13-3-1)44-28-32-27-40(50-48(49(32)53-44)38-19-9-11-21-43(38)52-50)46-35-16-6-4-14-33(35)45(34-15-5-7-17-36(34)46)31-23-22-29-24-25-42-47(39(29)26-31)37-18-8-10-20-41(37)51-42/h1-28H. The molecular formula is C50H28OS2. The lowest BCUT2D eigenvalue weighted by Crippen LogP contribution is -1.91. The first kappa shape index (κ1) is 29.3. The molecule has 1 nitrogen and oxygen atoms in total. The molecule has 3 aromatic heterocycles. The smallest absolute Gasteiger partial charge is 0.136 e. The summed E-state index contributed by atoms with van der Waals surface area (Å²) >= 11 is 3.84. The molecule has 0 bridgehead atoms. The number of rotatable bonds is 3. The van der Waals surface area contributed by atoms with Crippen LogP contribution in [0.25, 0.3) is 117 Å². The molecule has 0 fully saturated rings. The fourth-order valence-corrected chi connectivity index (χ4v) is 11.3. The Kier molecular flexibility index (Phi) is 6.15. The summed E-state index contributed by atoms with van der Waals surface area (Å²) in [5.41, 5.74) is 8.19. The van der Waals surface area contributed by atoms with E-state index in [1.807, 2.05) is 28.7 Å². The highest BCUT2D eigenvalue weighted by atomic mass is 32.1. The summed E-state index contributed by atoms with van der Waals surface area (Å²) in [5, 5.41) is 13.8. The Hall–Kier alpha value is -6.26. The highest BCUT2D eigenvalue weighted by Crippen LogP contribution is 2.52. The van der Waals surface area contributed by atoms with Crippen LogP contribution in [0.15, 0.2) is 174 Å². The maximum Gasteiger partial charge on any atom is 0.136 e. The second-order valence-corrected chi connectivity index (χ2v) is 16.0. The number of hydrogen-bond acceptors (Lipinski definition) is 3. The van der Waals surface area contributed by atoms with Gasteiger partial charge in [0, 0.05) is 46.1 Å². The van der Waals surface area contributed by atoms with Crippen molar-refractivity contribution in [3.63, 3.8) is 0 Å². The quantitative estimate of drug-likeness (QED) is 0.167. The van der Waals surface area contributed by atoms with E-state index in [1.165, 1.54) is 101 Å². The second kappa shape index (κ2) is 11.1. The van der Waals surface area contributed by atoms with Crippen LogP contribution in [0.4, 0.5) is 0 Å². The van der Waals surface area contributed by atoms with Gasteiger partial charge in [-0.15, -0.1) is 22.7 Å². The van der Waals surface area contributed by atoms with Crippen LogP contribution in [-0.4, -0.2) is 0 Å². The summed E-state index contributed by atoms with van der Waals surface area (Å²) in [6.45, 7) is 0. The van der Waals surface area contributed by atoms with Crippen molar-refractivity contribution in [1.29, 1.82) is 0 Å². The molecule has 0 radical (unpaired) electrons. The number of hydrogen-bond donors (Lipinski definition) is 0. The number of fused-ring (bicyclic) bond motifs is 12. The fourth-order valence-electron chi connectivity index (χ4n) is 8.75. The minimum atomic E-state index is 0.923. The van der Waals surface area contributed by atoms with E-state index in [1.54, 1.807) is 0 Å². The Bertz CT molecular complexity index is 3390. The Labute approximate surface area is 312 Å². The average molecular weight is 709 g/mol. The molecule has 0 atom stereocenters. The van der Waals surface area contributed by atoms with Gasteiger partial charge in [-0.3, -0.25) is 0 Å². The molecule has 0 amide bonds. The first-order valence-corrected chi connectivity index (χ1v) is 19.6. The lowest BCUT2D eigenvalue weighted by molar-refractivity contribution is 0.669. The van der Waals surface area contributed by atoms with Gasteiger partial charge >= 0.3 is 0 Å². The molecule has 3 heteroatoms. The molecule has 53 heavy (non-hydrogen) atoms. The molecule has 246 valence electrons. The highest BCUT2D eigenvalue weighted by molar-refractivity contribution is 7.28. The molecule has 0 aliphatic heterocycles. The first-order chi connectivity index (χ1) is 26.3. The number of thiophene rings is 2. The third-order valence-corrected chi connectivity index (χ3v) is 13.5. The van der Waals surface area contributed by atoms with Crippen molar-refractivity contribution in [2.24, 2.45) is 0 Å². The Morgan fingerprint density at radius 2 is 1.00 bits per heavy atom. The van der Waals surface area contributed by atoms with Crippen LogP contribution in [-0.2, 0) is 0 Å². The van der Waals surface area contributed by atoms with E-state index in [4.69, 9.17) is 4.42 Å². The summed E-state index contributed by atoms with van der Waals surface area (Å²) in [4.78, 5) is 1.30. The minimum Gasteiger partial charge on any atom is -0.456 e. The lowest BCUT2D eigenvalue weighted by Gasteiger charge is -2.19. The zero-order valence-corrected chi connectivity index (χ0v) is 30.0. The molecular weight excluding hydrogens is 681 g/mol.